The SMILES string of the molecule is CC(=O)c1cccc(Nc2ccc(NS(=O)(=O)c3ccc(C)cc3C)nn2)c1. The molecule has 0 amide bonds. The average molecular weight is 396 g/mol. The van der Waals surface area contributed by atoms with Crippen LogP contribution < -0.4 is 10.0 Å². The lowest BCUT2D eigenvalue weighted by atomic mass is 10.1. The predicted octanol–water partition coefficient (Wildman–Crippen LogP) is 3.84. The number of anilines is 3. The summed E-state index contributed by atoms with van der Waals surface area (Å²) in [7, 11) is -3.76. The van der Waals surface area contributed by atoms with E-state index in [-0.39, 0.29) is 16.5 Å². The van der Waals surface area contributed by atoms with E-state index in [1.54, 1.807) is 49.4 Å². The van der Waals surface area contributed by atoms with Crippen molar-refractivity contribution in [2.45, 2.75) is 25.7 Å². The Labute approximate surface area is 163 Å². The molecule has 0 unspecified atom stereocenters. The van der Waals surface area contributed by atoms with Gasteiger partial charge in [-0.3, -0.25) is 9.52 Å². The number of aryl methyl sites for hydroxylation is 2. The van der Waals surface area contributed by atoms with Crippen molar-refractivity contribution >= 4 is 33.1 Å². The number of carbonyl (C=O) groups is 1. The second kappa shape index (κ2) is 7.77. The molecule has 3 rings (SSSR count). The fourth-order valence-corrected chi connectivity index (χ4v) is 3.93. The van der Waals surface area contributed by atoms with Gasteiger partial charge in [-0.15, -0.1) is 10.2 Å². The molecule has 2 aromatic carbocycles. The summed E-state index contributed by atoms with van der Waals surface area (Å²) in [4.78, 5) is 11.7. The number of benzene rings is 2. The van der Waals surface area contributed by atoms with E-state index >= 15 is 0 Å². The second-order valence-corrected chi connectivity index (χ2v) is 8.09. The zero-order valence-corrected chi connectivity index (χ0v) is 16.5. The first-order valence-electron chi connectivity index (χ1n) is 8.56. The van der Waals surface area contributed by atoms with Crippen LogP contribution in [-0.2, 0) is 10.0 Å². The molecule has 0 radical (unpaired) electrons. The van der Waals surface area contributed by atoms with Gasteiger partial charge in [-0.25, -0.2) is 8.42 Å². The van der Waals surface area contributed by atoms with E-state index in [0.717, 1.165) is 5.56 Å². The zero-order chi connectivity index (χ0) is 20.3. The third-order valence-electron chi connectivity index (χ3n) is 4.06. The Kier molecular flexibility index (Phi) is 5.41. The Morgan fingerprint density at radius 3 is 2.29 bits per heavy atom. The van der Waals surface area contributed by atoms with Gasteiger partial charge in [0.1, 0.15) is 0 Å². The van der Waals surface area contributed by atoms with Crippen LogP contribution in [0.25, 0.3) is 0 Å². The minimum Gasteiger partial charge on any atom is -0.339 e. The first-order valence-corrected chi connectivity index (χ1v) is 10.0. The number of sulfonamides is 1. The Morgan fingerprint density at radius 2 is 1.64 bits per heavy atom. The van der Waals surface area contributed by atoms with Gasteiger partial charge in [0.25, 0.3) is 10.0 Å². The number of nitrogens with zero attached hydrogens (tertiary/aromatic N) is 2. The highest BCUT2D eigenvalue weighted by molar-refractivity contribution is 7.92. The number of ketones is 1. The van der Waals surface area contributed by atoms with E-state index in [1.807, 2.05) is 13.0 Å². The van der Waals surface area contributed by atoms with E-state index in [1.165, 1.54) is 13.0 Å². The van der Waals surface area contributed by atoms with Crippen LogP contribution in [0.5, 0.6) is 0 Å². The number of carbonyl (C=O) groups excluding carboxylic acids is 1. The molecule has 0 bridgehead atoms. The van der Waals surface area contributed by atoms with Crippen LogP contribution in [0.1, 0.15) is 28.4 Å². The minimum absolute atomic E-state index is 0.0362. The predicted molar refractivity (Wildman–Crippen MR) is 108 cm³/mol. The monoisotopic (exact) mass is 396 g/mol. The zero-order valence-electron chi connectivity index (χ0n) is 15.7. The number of rotatable bonds is 6. The normalized spacial score (nSPS) is 11.1. The summed E-state index contributed by atoms with van der Waals surface area (Å²) < 4.78 is 27.6. The molecule has 0 saturated heterocycles. The van der Waals surface area contributed by atoms with Gasteiger partial charge in [-0.1, -0.05) is 29.8 Å². The van der Waals surface area contributed by atoms with Gasteiger partial charge in [0.05, 0.1) is 4.90 Å². The van der Waals surface area contributed by atoms with E-state index < -0.39 is 10.0 Å². The van der Waals surface area contributed by atoms with Crippen LogP contribution in [-0.4, -0.2) is 24.4 Å². The standard InChI is InChI=1S/C20H20N4O3S/c1-13-7-8-18(14(2)11-13)28(26,27)24-20-10-9-19(22-23-20)21-17-6-4-5-16(12-17)15(3)25/h4-12H,1-3H3,(H,21,22)(H,23,24). The number of Topliss-reactive ketones (excluding diaryl/α,β-unsaturated/α-hetero) is 1. The van der Waals surface area contributed by atoms with Crippen molar-refractivity contribution in [1.82, 2.24) is 10.2 Å². The molecule has 0 spiro atoms. The molecule has 1 heterocycles. The smallest absolute Gasteiger partial charge is 0.263 e. The summed E-state index contributed by atoms with van der Waals surface area (Å²) in [5.74, 6) is 0.504. The van der Waals surface area contributed by atoms with Crippen molar-refractivity contribution in [3.05, 3.63) is 71.3 Å². The maximum absolute atomic E-state index is 12.6. The lowest BCUT2D eigenvalue weighted by molar-refractivity contribution is 0.101. The highest BCUT2D eigenvalue weighted by Crippen LogP contribution is 2.21. The maximum atomic E-state index is 12.6. The average Bonchev–Trinajstić information content (AvgIpc) is 2.63. The fourth-order valence-electron chi connectivity index (χ4n) is 2.71. The van der Waals surface area contributed by atoms with E-state index in [0.29, 0.717) is 22.6 Å². The third-order valence-corrected chi connectivity index (χ3v) is 5.58. The molecule has 0 aliphatic rings. The van der Waals surface area contributed by atoms with Gasteiger partial charge in [-0.05, 0) is 56.7 Å². The lowest BCUT2D eigenvalue weighted by Gasteiger charge is -2.11. The van der Waals surface area contributed by atoms with Gasteiger partial charge in [0.2, 0.25) is 0 Å². The van der Waals surface area contributed by atoms with Gasteiger partial charge in [0, 0.05) is 11.3 Å². The van der Waals surface area contributed by atoms with Gasteiger partial charge in [-0.2, -0.15) is 0 Å². The summed E-state index contributed by atoms with van der Waals surface area (Å²) >= 11 is 0. The highest BCUT2D eigenvalue weighted by atomic mass is 32.2. The summed E-state index contributed by atoms with van der Waals surface area (Å²) in [6.07, 6.45) is 0. The molecule has 7 nitrogen and oxygen atoms in total. The molecule has 28 heavy (non-hydrogen) atoms. The molecule has 0 saturated carbocycles. The molecule has 0 atom stereocenters. The first kappa shape index (κ1) is 19.5. The largest absolute Gasteiger partial charge is 0.339 e. The fraction of sp³-hybridized carbons (Fsp3) is 0.150. The van der Waals surface area contributed by atoms with Gasteiger partial charge in [0.15, 0.2) is 17.4 Å². The quantitative estimate of drug-likeness (QED) is 0.614. The van der Waals surface area contributed by atoms with E-state index in [2.05, 4.69) is 20.2 Å². The first-order chi connectivity index (χ1) is 13.2. The van der Waals surface area contributed by atoms with Crippen LogP contribution in [0.15, 0.2) is 59.5 Å². The number of aromatic nitrogens is 2. The highest BCUT2D eigenvalue weighted by Gasteiger charge is 2.17. The minimum atomic E-state index is -3.76. The maximum Gasteiger partial charge on any atom is 0.263 e. The number of hydrogen-bond acceptors (Lipinski definition) is 6. The topological polar surface area (TPSA) is 101 Å². The van der Waals surface area contributed by atoms with Crippen molar-refractivity contribution in [3.8, 4) is 0 Å². The van der Waals surface area contributed by atoms with Crippen LogP contribution in [0.3, 0.4) is 0 Å². The van der Waals surface area contributed by atoms with Crippen LogP contribution >= 0.6 is 0 Å². The molecule has 0 fully saturated rings. The molecule has 0 aliphatic carbocycles. The van der Waals surface area contributed by atoms with Crippen LogP contribution in [0.4, 0.5) is 17.3 Å². The molecule has 2 N–H and O–H groups in total. The molecule has 144 valence electrons. The molecular formula is C20H20N4O3S. The Hall–Kier alpha value is -3.26. The van der Waals surface area contributed by atoms with Crippen molar-refractivity contribution in [1.29, 1.82) is 0 Å². The number of hydrogen-bond donors (Lipinski definition) is 2. The Balaban J connectivity index is 1.75. The third kappa shape index (κ3) is 4.52. The molecule has 0 aliphatic heterocycles. The molecular weight excluding hydrogens is 376 g/mol. The summed E-state index contributed by atoms with van der Waals surface area (Å²) in [5, 5.41) is 10.9. The van der Waals surface area contributed by atoms with Crippen molar-refractivity contribution in [2.75, 3.05) is 10.0 Å². The van der Waals surface area contributed by atoms with Gasteiger partial charge >= 0.3 is 0 Å². The molecule has 1 aromatic heterocycles. The Morgan fingerprint density at radius 1 is 0.929 bits per heavy atom. The van der Waals surface area contributed by atoms with E-state index in [4.69, 9.17) is 0 Å². The molecule has 3 aromatic rings. The van der Waals surface area contributed by atoms with Crippen molar-refractivity contribution in [2.24, 2.45) is 0 Å². The van der Waals surface area contributed by atoms with Gasteiger partial charge < -0.3 is 5.32 Å². The lowest BCUT2D eigenvalue weighted by Crippen LogP contribution is -2.15. The van der Waals surface area contributed by atoms with Crippen LogP contribution in [0, 0.1) is 13.8 Å². The van der Waals surface area contributed by atoms with Crippen molar-refractivity contribution in [3.63, 3.8) is 0 Å². The second-order valence-electron chi connectivity index (χ2n) is 6.44. The Bertz CT molecular complexity index is 1130. The molecule has 8 heteroatoms. The summed E-state index contributed by atoms with van der Waals surface area (Å²) in [5.41, 5.74) is 2.91. The summed E-state index contributed by atoms with van der Waals surface area (Å²) in [6.45, 7) is 5.14. The van der Waals surface area contributed by atoms with Crippen LogP contribution in [0.2, 0.25) is 0 Å². The van der Waals surface area contributed by atoms with Crippen molar-refractivity contribution < 1.29 is 13.2 Å². The van der Waals surface area contributed by atoms with E-state index in [9.17, 15) is 13.2 Å². The summed E-state index contributed by atoms with van der Waals surface area (Å²) in [6, 6.07) is 15.2. The number of nitrogens with one attached hydrogen (secondary N) is 2.